The molecule has 13 unspecified atom stereocenters. The fourth-order valence-corrected chi connectivity index (χ4v) is 5.64. The number of aliphatic carboxylic acids is 1. The molecule has 0 aromatic heterocycles. The number of carboxylic acid groups (broad SMARTS) is 1. The standard InChI is InChI=1S/C29H43NO13/c1-14-21(32)23(34)24(35)28(39-14)41-17-10-6-7-11-18(17)42-29-25(36)26(22(33)20(43-29)13-30-15(2)31)40-19(27(37)38)12-16-8-4-3-5-9-16/h3-5,8-9,14,17-26,28-29,32-36H,6-7,10-13H2,1-2H3,(H,30,31)(H,37,38)/p-1. The van der Waals surface area contributed by atoms with Crippen molar-refractivity contribution in [2.45, 2.75) is 126 Å². The first kappa shape index (κ1) is 33.6. The summed E-state index contributed by atoms with van der Waals surface area (Å²) in [7, 11) is 0. The Hall–Kier alpha value is -2.24. The molecule has 4 rings (SSSR count). The fourth-order valence-electron chi connectivity index (χ4n) is 5.64. The van der Waals surface area contributed by atoms with Gasteiger partial charge in [-0.05, 0) is 25.3 Å². The van der Waals surface area contributed by atoms with E-state index in [-0.39, 0.29) is 13.0 Å². The van der Waals surface area contributed by atoms with Crippen LogP contribution in [0.2, 0.25) is 0 Å². The van der Waals surface area contributed by atoms with E-state index in [9.17, 15) is 40.2 Å². The third kappa shape index (κ3) is 8.48. The van der Waals surface area contributed by atoms with E-state index in [1.54, 1.807) is 30.3 Å². The lowest BCUT2D eigenvalue weighted by molar-refractivity contribution is -0.349. The van der Waals surface area contributed by atoms with Gasteiger partial charge in [0.15, 0.2) is 12.6 Å². The molecule has 1 aromatic carbocycles. The largest absolute Gasteiger partial charge is 0.547 e. The number of carboxylic acids is 1. The number of amides is 1. The Morgan fingerprint density at radius 1 is 0.907 bits per heavy atom. The van der Waals surface area contributed by atoms with Crippen molar-refractivity contribution >= 4 is 11.9 Å². The summed E-state index contributed by atoms with van der Waals surface area (Å²) in [6.45, 7) is 2.64. The fraction of sp³-hybridized carbons (Fsp3) is 0.724. The molecule has 0 radical (unpaired) electrons. The van der Waals surface area contributed by atoms with Gasteiger partial charge < -0.3 is 64.4 Å². The van der Waals surface area contributed by atoms with Crippen LogP contribution in [0.1, 0.15) is 45.1 Å². The van der Waals surface area contributed by atoms with Crippen LogP contribution in [0.4, 0.5) is 0 Å². The Morgan fingerprint density at radius 2 is 1.51 bits per heavy atom. The second kappa shape index (κ2) is 15.2. The predicted octanol–water partition coefficient (Wildman–Crippen LogP) is -2.51. The first-order valence-corrected chi connectivity index (χ1v) is 14.6. The summed E-state index contributed by atoms with van der Waals surface area (Å²) < 4.78 is 29.4. The molecule has 1 aliphatic carbocycles. The highest BCUT2D eigenvalue weighted by Gasteiger charge is 2.49. The molecule has 0 spiro atoms. The Balaban J connectivity index is 1.50. The van der Waals surface area contributed by atoms with E-state index in [0.717, 1.165) is 12.8 Å². The monoisotopic (exact) mass is 612 g/mol. The first-order valence-electron chi connectivity index (χ1n) is 14.6. The molecular weight excluding hydrogens is 570 g/mol. The van der Waals surface area contributed by atoms with E-state index < -0.39 is 91.6 Å². The third-order valence-corrected chi connectivity index (χ3v) is 8.11. The number of ether oxygens (including phenoxy) is 5. The summed E-state index contributed by atoms with van der Waals surface area (Å²) in [4.78, 5) is 23.6. The molecule has 1 aromatic rings. The van der Waals surface area contributed by atoms with Crippen LogP contribution in [-0.4, -0.2) is 124 Å². The third-order valence-electron chi connectivity index (χ3n) is 8.11. The maximum atomic E-state index is 12.0. The van der Waals surface area contributed by atoms with E-state index >= 15 is 0 Å². The second-order valence-corrected chi connectivity index (χ2v) is 11.4. The van der Waals surface area contributed by atoms with Crippen molar-refractivity contribution in [3.8, 4) is 0 Å². The average molecular weight is 613 g/mol. The van der Waals surface area contributed by atoms with Gasteiger partial charge in [-0.1, -0.05) is 43.2 Å². The molecular formula is C29H42NO13-. The van der Waals surface area contributed by atoms with Crippen LogP contribution in [0, 0.1) is 0 Å². The van der Waals surface area contributed by atoms with Crippen LogP contribution in [0.25, 0.3) is 0 Å². The summed E-state index contributed by atoms with van der Waals surface area (Å²) >= 11 is 0. The normalized spacial score (nSPS) is 39.1. The quantitative estimate of drug-likeness (QED) is 0.152. The number of carbonyl (C=O) groups excluding carboxylic acids is 2. The molecule has 1 saturated carbocycles. The molecule has 242 valence electrons. The highest BCUT2D eigenvalue weighted by atomic mass is 16.7. The molecule has 2 aliphatic heterocycles. The Labute approximate surface area is 249 Å². The molecule has 0 bridgehead atoms. The number of hydrogen-bond donors (Lipinski definition) is 6. The Bertz CT molecular complexity index is 1050. The van der Waals surface area contributed by atoms with Gasteiger partial charge in [0.25, 0.3) is 0 Å². The number of hydrogen-bond acceptors (Lipinski definition) is 13. The molecule has 2 saturated heterocycles. The minimum atomic E-state index is -1.66. The van der Waals surface area contributed by atoms with Crippen molar-refractivity contribution in [1.29, 1.82) is 0 Å². The van der Waals surface area contributed by atoms with Gasteiger partial charge >= 0.3 is 0 Å². The lowest BCUT2D eigenvalue weighted by Crippen LogP contribution is -2.64. The maximum absolute atomic E-state index is 12.0. The van der Waals surface area contributed by atoms with Crippen molar-refractivity contribution in [1.82, 2.24) is 5.32 Å². The highest BCUT2D eigenvalue weighted by Crippen LogP contribution is 2.33. The molecule has 14 heteroatoms. The van der Waals surface area contributed by atoms with E-state index in [0.29, 0.717) is 18.4 Å². The Morgan fingerprint density at radius 3 is 2.09 bits per heavy atom. The van der Waals surface area contributed by atoms with Crippen LogP contribution in [0.15, 0.2) is 30.3 Å². The highest BCUT2D eigenvalue weighted by molar-refractivity contribution is 5.72. The zero-order chi connectivity index (χ0) is 31.3. The van der Waals surface area contributed by atoms with Crippen LogP contribution >= 0.6 is 0 Å². The van der Waals surface area contributed by atoms with E-state index in [4.69, 9.17) is 23.7 Å². The molecule has 43 heavy (non-hydrogen) atoms. The minimum Gasteiger partial charge on any atom is -0.547 e. The summed E-state index contributed by atoms with van der Waals surface area (Å²) in [5.74, 6) is -1.94. The Kier molecular flexibility index (Phi) is 11.9. The van der Waals surface area contributed by atoms with Crippen molar-refractivity contribution in [3.63, 3.8) is 0 Å². The smallest absolute Gasteiger partial charge is 0.216 e. The van der Waals surface area contributed by atoms with Crippen molar-refractivity contribution in [3.05, 3.63) is 35.9 Å². The van der Waals surface area contributed by atoms with Crippen molar-refractivity contribution in [2.75, 3.05) is 6.54 Å². The summed E-state index contributed by atoms with van der Waals surface area (Å²) in [5.41, 5.74) is 0.636. The summed E-state index contributed by atoms with van der Waals surface area (Å²) in [5, 5.41) is 67.5. The van der Waals surface area contributed by atoms with Gasteiger partial charge in [0.2, 0.25) is 5.91 Å². The summed E-state index contributed by atoms with van der Waals surface area (Å²) in [6.07, 6.45) is -14.2. The number of rotatable bonds is 11. The molecule has 2 heterocycles. The van der Waals surface area contributed by atoms with E-state index in [1.807, 2.05) is 0 Å². The zero-order valence-corrected chi connectivity index (χ0v) is 24.1. The number of aliphatic hydroxyl groups is 5. The molecule has 14 nitrogen and oxygen atoms in total. The number of nitrogens with one attached hydrogen (secondary N) is 1. The van der Waals surface area contributed by atoms with Gasteiger partial charge in [-0.2, -0.15) is 0 Å². The van der Waals surface area contributed by atoms with Gasteiger partial charge in [0.05, 0.1) is 24.3 Å². The van der Waals surface area contributed by atoms with E-state index in [1.165, 1.54) is 13.8 Å². The number of benzene rings is 1. The van der Waals surface area contributed by atoms with Crippen LogP contribution in [0.3, 0.4) is 0 Å². The number of carbonyl (C=O) groups is 2. The van der Waals surface area contributed by atoms with Crippen molar-refractivity contribution in [2.24, 2.45) is 0 Å². The SMILES string of the molecule is CC(=O)NCC1OC(OC2CCCCC2OC2OC(C)C(O)C(O)C2O)C(O)C(OC(Cc2ccccc2)C(=O)[O-])C1O. The lowest BCUT2D eigenvalue weighted by atomic mass is 9.93. The molecule has 3 aliphatic rings. The second-order valence-electron chi connectivity index (χ2n) is 11.4. The van der Waals surface area contributed by atoms with Gasteiger partial charge in [-0.25, -0.2) is 0 Å². The van der Waals surface area contributed by atoms with Gasteiger partial charge in [-0.15, -0.1) is 0 Å². The maximum Gasteiger partial charge on any atom is 0.216 e. The van der Waals surface area contributed by atoms with Gasteiger partial charge in [0.1, 0.15) is 48.8 Å². The molecule has 3 fully saturated rings. The minimum absolute atomic E-state index is 0.0942. The van der Waals surface area contributed by atoms with Gasteiger partial charge in [-0.3, -0.25) is 4.79 Å². The van der Waals surface area contributed by atoms with Crippen LogP contribution in [-0.2, 0) is 39.7 Å². The molecule has 6 N–H and O–H groups in total. The topological polar surface area (TPSA) is 217 Å². The van der Waals surface area contributed by atoms with Crippen LogP contribution in [0.5, 0.6) is 0 Å². The van der Waals surface area contributed by atoms with Crippen LogP contribution < -0.4 is 10.4 Å². The van der Waals surface area contributed by atoms with Crippen molar-refractivity contribution < 1.29 is 63.9 Å². The predicted molar refractivity (Wildman–Crippen MR) is 144 cm³/mol. The average Bonchev–Trinajstić information content (AvgIpc) is 2.98. The number of aliphatic hydroxyl groups excluding tert-OH is 5. The first-order chi connectivity index (χ1) is 20.5. The summed E-state index contributed by atoms with van der Waals surface area (Å²) in [6, 6.07) is 8.65. The molecule has 13 atom stereocenters. The zero-order valence-electron chi connectivity index (χ0n) is 24.1. The van der Waals surface area contributed by atoms with Gasteiger partial charge in [0, 0.05) is 19.9 Å². The van der Waals surface area contributed by atoms with E-state index in [2.05, 4.69) is 5.32 Å². The molecule has 1 amide bonds. The lowest BCUT2D eigenvalue weighted by Gasteiger charge is -2.46.